The number of thiazole rings is 1. The van der Waals surface area contributed by atoms with Crippen LogP contribution in [0.15, 0.2) is 9.90 Å². The van der Waals surface area contributed by atoms with Gasteiger partial charge in [-0.3, -0.25) is 9.69 Å². The fourth-order valence-electron chi connectivity index (χ4n) is 3.67. The van der Waals surface area contributed by atoms with E-state index in [0.29, 0.717) is 10.9 Å². The monoisotopic (exact) mass is 362 g/mol. The molecule has 1 saturated heterocycles. The highest BCUT2D eigenvalue weighted by Gasteiger charge is 2.22. The third kappa shape index (κ3) is 4.67. The van der Waals surface area contributed by atoms with Gasteiger partial charge in [0.15, 0.2) is 5.13 Å². The van der Waals surface area contributed by atoms with Gasteiger partial charge in [0.2, 0.25) is 5.91 Å². The van der Waals surface area contributed by atoms with Crippen LogP contribution in [0.4, 0.5) is 5.13 Å². The average molecular weight is 362 g/mol. The summed E-state index contributed by atoms with van der Waals surface area (Å²) in [5, 5.41) is 9.47. The lowest BCUT2D eigenvalue weighted by Crippen LogP contribution is -2.38. The first-order chi connectivity index (χ1) is 11.9. The molecule has 0 aliphatic carbocycles. The van der Waals surface area contributed by atoms with Crippen LogP contribution in [0.1, 0.15) is 43.0 Å². The zero-order valence-corrected chi connectivity index (χ0v) is 16.2. The van der Waals surface area contributed by atoms with Gasteiger partial charge in [-0.05, 0) is 32.1 Å². The number of carbonyl (C=O) groups is 1. The lowest BCUT2D eigenvalue weighted by molar-refractivity contribution is -0.115. The summed E-state index contributed by atoms with van der Waals surface area (Å²) in [5.74, 6) is 2.07. The third-order valence-corrected chi connectivity index (χ3v) is 5.45. The summed E-state index contributed by atoms with van der Waals surface area (Å²) in [6.07, 6.45) is 1.56. The Morgan fingerprint density at radius 3 is 2.72 bits per heavy atom. The average Bonchev–Trinajstić information content (AvgIpc) is 3.07. The fourth-order valence-corrected chi connectivity index (χ4v) is 4.38. The van der Waals surface area contributed by atoms with Crippen LogP contribution >= 0.6 is 11.3 Å². The van der Waals surface area contributed by atoms with Crippen LogP contribution in [-0.2, 0) is 17.8 Å². The van der Waals surface area contributed by atoms with E-state index in [9.17, 15) is 4.79 Å². The standard InChI is InChI=1S/C18H26N4O2S/c1-11-5-12(2)8-22(7-11)9-15-10-25-18(19-15)20-17(23)6-16-13(3)21-24-14(16)4/h10-12H,5-9H2,1-4H3,(H,19,20,23). The van der Waals surface area contributed by atoms with Crippen LogP contribution in [0.25, 0.3) is 0 Å². The predicted octanol–water partition coefficient (Wildman–Crippen LogP) is 3.41. The van der Waals surface area contributed by atoms with E-state index < -0.39 is 0 Å². The van der Waals surface area contributed by atoms with Gasteiger partial charge in [-0.1, -0.05) is 19.0 Å². The molecule has 6 nitrogen and oxygen atoms in total. The molecule has 2 aromatic heterocycles. The van der Waals surface area contributed by atoms with Crippen molar-refractivity contribution in [1.82, 2.24) is 15.0 Å². The highest BCUT2D eigenvalue weighted by atomic mass is 32.1. The summed E-state index contributed by atoms with van der Waals surface area (Å²) < 4.78 is 5.10. The highest BCUT2D eigenvalue weighted by Crippen LogP contribution is 2.24. The normalized spacial score (nSPS) is 21.4. The summed E-state index contributed by atoms with van der Waals surface area (Å²) in [7, 11) is 0. The lowest BCUT2D eigenvalue weighted by Gasteiger charge is -2.34. The van der Waals surface area contributed by atoms with Crippen LogP contribution in [0.2, 0.25) is 0 Å². The second-order valence-electron chi connectivity index (χ2n) is 7.31. The van der Waals surface area contributed by atoms with E-state index >= 15 is 0 Å². The number of rotatable bonds is 5. The number of hydrogen-bond acceptors (Lipinski definition) is 6. The smallest absolute Gasteiger partial charge is 0.230 e. The molecule has 0 saturated carbocycles. The number of piperidine rings is 1. The van der Waals surface area contributed by atoms with Gasteiger partial charge in [0.1, 0.15) is 5.76 Å². The van der Waals surface area contributed by atoms with E-state index in [1.165, 1.54) is 17.8 Å². The molecule has 0 bridgehead atoms. The second kappa shape index (κ2) is 7.66. The maximum absolute atomic E-state index is 12.2. The Labute approximate surface area is 152 Å². The van der Waals surface area contributed by atoms with Crippen molar-refractivity contribution < 1.29 is 9.32 Å². The van der Waals surface area contributed by atoms with Crippen molar-refractivity contribution in [3.8, 4) is 0 Å². The number of hydrogen-bond donors (Lipinski definition) is 1. The SMILES string of the molecule is Cc1noc(C)c1CC(=O)Nc1nc(CN2CC(C)CC(C)C2)cs1. The molecule has 1 amide bonds. The van der Waals surface area contributed by atoms with E-state index in [-0.39, 0.29) is 12.3 Å². The van der Waals surface area contributed by atoms with Gasteiger partial charge in [0, 0.05) is 30.6 Å². The number of amides is 1. The van der Waals surface area contributed by atoms with Crippen molar-refractivity contribution >= 4 is 22.4 Å². The van der Waals surface area contributed by atoms with Crippen molar-refractivity contribution in [1.29, 1.82) is 0 Å². The number of aromatic nitrogens is 2. The van der Waals surface area contributed by atoms with Crippen LogP contribution < -0.4 is 5.32 Å². The van der Waals surface area contributed by atoms with E-state index in [1.807, 2.05) is 19.2 Å². The molecular formula is C18H26N4O2S. The molecule has 3 rings (SSSR count). The molecule has 1 aliphatic rings. The Morgan fingerprint density at radius 1 is 1.36 bits per heavy atom. The number of aryl methyl sites for hydroxylation is 2. The van der Waals surface area contributed by atoms with Gasteiger partial charge in [0.05, 0.1) is 17.8 Å². The minimum atomic E-state index is -0.0875. The highest BCUT2D eigenvalue weighted by molar-refractivity contribution is 7.13. The Balaban J connectivity index is 1.55. The van der Waals surface area contributed by atoms with Crippen molar-refractivity contribution in [3.63, 3.8) is 0 Å². The molecule has 2 unspecified atom stereocenters. The number of nitrogens with zero attached hydrogens (tertiary/aromatic N) is 3. The molecule has 0 spiro atoms. The first kappa shape index (κ1) is 18.1. The van der Waals surface area contributed by atoms with Crippen LogP contribution in [-0.4, -0.2) is 34.0 Å². The van der Waals surface area contributed by atoms with Crippen LogP contribution in [0.5, 0.6) is 0 Å². The molecule has 3 heterocycles. The summed E-state index contributed by atoms with van der Waals surface area (Å²) in [4.78, 5) is 19.3. The molecule has 1 aliphatic heterocycles. The van der Waals surface area contributed by atoms with Crippen molar-refractivity contribution in [2.75, 3.05) is 18.4 Å². The van der Waals surface area contributed by atoms with E-state index in [0.717, 1.165) is 48.4 Å². The van der Waals surface area contributed by atoms with E-state index in [2.05, 4.69) is 34.2 Å². The summed E-state index contributed by atoms with van der Waals surface area (Å²) in [6.45, 7) is 11.4. The van der Waals surface area contributed by atoms with Crippen molar-refractivity contribution in [2.45, 2.75) is 47.1 Å². The van der Waals surface area contributed by atoms with Gasteiger partial charge < -0.3 is 9.84 Å². The lowest BCUT2D eigenvalue weighted by atomic mass is 9.92. The molecule has 1 N–H and O–H groups in total. The maximum atomic E-state index is 12.2. The largest absolute Gasteiger partial charge is 0.361 e. The number of carbonyl (C=O) groups excluding carboxylic acids is 1. The predicted molar refractivity (Wildman–Crippen MR) is 98.6 cm³/mol. The van der Waals surface area contributed by atoms with Gasteiger partial charge in [-0.2, -0.15) is 0 Å². The summed E-state index contributed by atoms with van der Waals surface area (Å²) in [6, 6.07) is 0. The molecule has 2 atom stereocenters. The van der Waals surface area contributed by atoms with E-state index in [4.69, 9.17) is 4.52 Å². The molecule has 25 heavy (non-hydrogen) atoms. The van der Waals surface area contributed by atoms with Crippen molar-refractivity contribution in [2.24, 2.45) is 11.8 Å². The van der Waals surface area contributed by atoms with Crippen LogP contribution in [0.3, 0.4) is 0 Å². The fraction of sp³-hybridized carbons (Fsp3) is 0.611. The molecule has 0 radical (unpaired) electrons. The van der Waals surface area contributed by atoms with Crippen LogP contribution in [0, 0.1) is 25.7 Å². The number of likely N-dealkylation sites (tertiary alicyclic amines) is 1. The maximum Gasteiger partial charge on any atom is 0.230 e. The Kier molecular flexibility index (Phi) is 5.54. The molecule has 136 valence electrons. The van der Waals surface area contributed by atoms with Gasteiger partial charge in [-0.15, -0.1) is 11.3 Å². The Hall–Kier alpha value is -1.73. The molecule has 0 aromatic carbocycles. The first-order valence-electron chi connectivity index (χ1n) is 8.79. The third-order valence-electron chi connectivity index (χ3n) is 4.65. The minimum Gasteiger partial charge on any atom is -0.361 e. The minimum absolute atomic E-state index is 0.0875. The van der Waals surface area contributed by atoms with Crippen molar-refractivity contribution in [3.05, 3.63) is 28.1 Å². The van der Waals surface area contributed by atoms with E-state index in [1.54, 1.807) is 0 Å². The summed E-state index contributed by atoms with van der Waals surface area (Å²) >= 11 is 1.48. The molecule has 1 fully saturated rings. The van der Waals surface area contributed by atoms with Gasteiger partial charge >= 0.3 is 0 Å². The molecular weight excluding hydrogens is 336 g/mol. The molecule has 2 aromatic rings. The Morgan fingerprint density at radius 2 is 2.08 bits per heavy atom. The zero-order valence-electron chi connectivity index (χ0n) is 15.3. The molecule has 7 heteroatoms. The topological polar surface area (TPSA) is 71.3 Å². The first-order valence-corrected chi connectivity index (χ1v) is 9.67. The van der Waals surface area contributed by atoms with Gasteiger partial charge in [0.25, 0.3) is 0 Å². The summed E-state index contributed by atoms with van der Waals surface area (Å²) in [5.41, 5.74) is 2.64. The number of nitrogens with one attached hydrogen (secondary N) is 1. The zero-order chi connectivity index (χ0) is 18.0. The second-order valence-corrected chi connectivity index (χ2v) is 8.17. The van der Waals surface area contributed by atoms with Gasteiger partial charge in [-0.25, -0.2) is 4.98 Å². The Bertz CT molecular complexity index is 710. The quantitative estimate of drug-likeness (QED) is 0.882. The number of anilines is 1.